The maximum absolute atomic E-state index is 3.80. The minimum absolute atomic E-state index is 0.809. The molecule has 0 aliphatic heterocycles. The SMILES string of the molecule is c1ccc2c(CCN[C@@H]3C[C@@H]4CC[C@@H]3C4)c[nH]c2c1. The summed E-state index contributed by atoms with van der Waals surface area (Å²) < 4.78 is 0. The summed E-state index contributed by atoms with van der Waals surface area (Å²) in [5, 5.41) is 5.19. The number of nitrogens with one attached hydrogen (secondary N) is 2. The average Bonchev–Trinajstić information content (AvgIpc) is 3.14. The van der Waals surface area contributed by atoms with Crippen molar-refractivity contribution in [2.75, 3.05) is 6.54 Å². The lowest BCUT2D eigenvalue weighted by molar-refractivity contribution is 0.354. The number of fused-ring (bicyclic) bond motifs is 3. The van der Waals surface area contributed by atoms with Crippen molar-refractivity contribution in [3.63, 3.8) is 0 Å². The molecular formula is C17H22N2. The molecule has 3 atom stereocenters. The number of aromatic amines is 1. The van der Waals surface area contributed by atoms with Crippen molar-refractivity contribution in [3.8, 4) is 0 Å². The van der Waals surface area contributed by atoms with Gasteiger partial charge in [0.15, 0.2) is 0 Å². The van der Waals surface area contributed by atoms with Gasteiger partial charge in [-0.1, -0.05) is 24.6 Å². The zero-order chi connectivity index (χ0) is 12.7. The van der Waals surface area contributed by atoms with E-state index in [1.807, 2.05) is 0 Å². The first-order chi connectivity index (χ1) is 9.40. The Morgan fingerprint density at radius 3 is 2.95 bits per heavy atom. The lowest BCUT2D eigenvalue weighted by Gasteiger charge is -2.22. The lowest BCUT2D eigenvalue weighted by atomic mass is 9.95. The van der Waals surface area contributed by atoms with Crippen LogP contribution in [0.1, 0.15) is 31.2 Å². The van der Waals surface area contributed by atoms with Gasteiger partial charge in [-0.2, -0.15) is 0 Å². The molecule has 2 bridgehead atoms. The van der Waals surface area contributed by atoms with Gasteiger partial charge in [-0.05, 0) is 55.7 Å². The standard InChI is InChI=1S/C17H22N2/c1-2-4-16-15(3-1)14(11-19-16)7-8-18-17-10-12-5-6-13(17)9-12/h1-4,11-13,17-19H,5-10H2/t12-,13-,17-/m1/s1. The number of hydrogen-bond acceptors (Lipinski definition) is 1. The van der Waals surface area contributed by atoms with Crippen LogP contribution in [-0.2, 0) is 6.42 Å². The molecule has 2 aliphatic carbocycles. The van der Waals surface area contributed by atoms with Crippen LogP contribution < -0.4 is 5.32 Å². The summed E-state index contributed by atoms with van der Waals surface area (Å²) in [5.74, 6) is 2.02. The Morgan fingerprint density at radius 2 is 2.11 bits per heavy atom. The zero-order valence-electron chi connectivity index (χ0n) is 11.4. The molecule has 2 fully saturated rings. The molecule has 4 rings (SSSR count). The number of rotatable bonds is 4. The molecule has 19 heavy (non-hydrogen) atoms. The van der Waals surface area contributed by atoms with Crippen LogP contribution >= 0.6 is 0 Å². The molecule has 1 aromatic heterocycles. The maximum Gasteiger partial charge on any atom is 0.0456 e. The second-order valence-electron chi connectivity index (χ2n) is 6.34. The van der Waals surface area contributed by atoms with E-state index < -0.39 is 0 Å². The van der Waals surface area contributed by atoms with Crippen molar-refractivity contribution in [3.05, 3.63) is 36.0 Å². The molecule has 1 aromatic carbocycles. The summed E-state index contributed by atoms with van der Waals surface area (Å²) >= 11 is 0. The Kier molecular flexibility index (Phi) is 2.84. The van der Waals surface area contributed by atoms with Gasteiger partial charge in [0.1, 0.15) is 0 Å². The van der Waals surface area contributed by atoms with E-state index in [0.717, 1.165) is 30.8 Å². The van der Waals surface area contributed by atoms with Crippen LogP contribution in [0.3, 0.4) is 0 Å². The van der Waals surface area contributed by atoms with Crippen LogP contribution in [0.25, 0.3) is 10.9 Å². The molecule has 2 aliphatic rings. The Hall–Kier alpha value is -1.28. The van der Waals surface area contributed by atoms with Crippen molar-refractivity contribution < 1.29 is 0 Å². The molecule has 0 amide bonds. The van der Waals surface area contributed by atoms with Gasteiger partial charge < -0.3 is 10.3 Å². The van der Waals surface area contributed by atoms with E-state index >= 15 is 0 Å². The third-order valence-electron chi connectivity index (χ3n) is 5.21. The highest BCUT2D eigenvalue weighted by molar-refractivity contribution is 5.83. The maximum atomic E-state index is 3.80. The molecule has 2 heteroatoms. The van der Waals surface area contributed by atoms with Gasteiger partial charge >= 0.3 is 0 Å². The smallest absolute Gasteiger partial charge is 0.0456 e. The van der Waals surface area contributed by atoms with E-state index in [9.17, 15) is 0 Å². The predicted molar refractivity (Wildman–Crippen MR) is 79.2 cm³/mol. The summed E-state index contributed by atoms with van der Waals surface area (Å²) in [6, 6.07) is 9.41. The van der Waals surface area contributed by atoms with Crippen LogP contribution in [-0.4, -0.2) is 17.6 Å². The number of benzene rings is 1. The Bertz CT molecular complexity index is 571. The van der Waals surface area contributed by atoms with Crippen molar-refractivity contribution in [2.45, 2.75) is 38.1 Å². The van der Waals surface area contributed by atoms with Crippen LogP contribution in [0.5, 0.6) is 0 Å². The van der Waals surface area contributed by atoms with Crippen molar-refractivity contribution in [1.82, 2.24) is 10.3 Å². The van der Waals surface area contributed by atoms with Gasteiger partial charge in [0, 0.05) is 23.1 Å². The molecule has 2 aromatic rings. The molecule has 2 N–H and O–H groups in total. The van der Waals surface area contributed by atoms with E-state index in [4.69, 9.17) is 0 Å². The molecule has 0 unspecified atom stereocenters. The lowest BCUT2D eigenvalue weighted by Crippen LogP contribution is -2.35. The van der Waals surface area contributed by atoms with E-state index in [0.29, 0.717) is 0 Å². The highest BCUT2D eigenvalue weighted by atomic mass is 14.9. The van der Waals surface area contributed by atoms with E-state index in [2.05, 4.69) is 40.8 Å². The average molecular weight is 254 g/mol. The van der Waals surface area contributed by atoms with E-state index in [1.165, 1.54) is 42.1 Å². The molecule has 1 heterocycles. The fourth-order valence-electron chi connectivity index (χ4n) is 4.23. The number of H-pyrrole nitrogens is 1. The molecule has 0 spiro atoms. The first-order valence-corrected chi connectivity index (χ1v) is 7.68. The monoisotopic (exact) mass is 254 g/mol. The summed E-state index contributed by atoms with van der Waals surface area (Å²) in [7, 11) is 0. The second-order valence-corrected chi connectivity index (χ2v) is 6.34. The van der Waals surface area contributed by atoms with Gasteiger partial charge in [0.05, 0.1) is 0 Å². The van der Waals surface area contributed by atoms with Crippen LogP contribution in [0.2, 0.25) is 0 Å². The van der Waals surface area contributed by atoms with Crippen molar-refractivity contribution >= 4 is 10.9 Å². The third-order valence-corrected chi connectivity index (χ3v) is 5.21. The van der Waals surface area contributed by atoms with Crippen LogP contribution in [0.4, 0.5) is 0 Å². The first-order valence-electron chi connectivity index (χ1n) is 7.68. The van der Waals surface area contributed by atoms with E-state index in [-0.39, 0.29) is 0 Å². The van der Waals surface area contributed by atoms with Crippen molar-refractivity contribution in [2.24, 2.45) is 11.8 Å². The van der Waals surface area contributed by atoms with Crippen LogP contribution in [0.15, 0.2) is 30.5 Å². The Labute approximate surface area is 114 Å². The fraction of sp³-hybridized carbons (Fsp3) is 0.529. The quantitative estimate of drug-likeness (QED) is 0.859. The van der Waals surface area contributed by atoms with Crippen LogP contribution in [0, 0.1) is 11.8 Å². The van der Waals surface area contributed by atoms with Gasteiger partial charge in [0.25, 0.3) is 0 Å². The topological polar surface area (TPSA) is 27.8 Å². The highest BCUT2D eigenvalue weighted by Gasteiger charge is 2.38. The molecule has 100 valence electrons. The first kappa shape index (κ1) is 11.5. The molecule has 2 nitrogen and oxygen atoms in total. The molecular weight excluding hydrogens is 232 g/mol. The molecule has 0 radical (unpaired) electrons. The van der Waals surface area contributed by atoms with Gasteiger partial charge in [-0.15, -0.1) is 0 Å². The minimum Gasteiger partial charge on any atom is -0.361 e. The largest absolute Gasteiger partial charge is 0.361 e. The summed E-state index contributed by atoms with van der Waals surface area (Å²) in [6.07, 6.45) is 9.19. The normalized spacial score (nSPS) is 29.4. The van der Waals surface area contributed by atoms with Gasteiger partial charge in [-0.3, -0.25) is 0 Å². The van der Waals surface area contributed by atoms with Crippen molar-refractivity contribution in [1.29, 1.82) is 0 Å². The summed E-state index contributed by atoms with van der Waals surface area (Å²) in [6.45, 7) is 1.12. The minimum atomic E-state index is 0.809. The Balaban J connectivity index is 1.37. The number of aromatic nitrogens is 1. The van der Waals surface area contributed by atoms with Gasteiger partial charge in [-0.25, -0.2) is 0 Å². The summed E-state index contributed by atoms with van der Waals surface area (Å²) in [4.78, 5) is 3.37. The van der Waals surface area contributed by atoms with Gasteiger partial charge in [0.2, 0.25) is 0 Å². The number of para-hydroxylation sites is 1. The molecule has 0 saturated heterocycles. The van der Waals surface area contributed by atoms with E-state index in [1.54, 1.807) is 0 Å². The zero-order valence-corrected chi connectivity index (χ0v) is 11.4. The third kappa shape index (κ3) is 2.08. The number of hydrogen-bond donors (Lipinski definition) is 2. The molecule has 2 saturated carbocycles. The fourth-order valence-corrected chi connectivity index (χ4v) is 4.23. The predicted octanol–water partition coefficient (Wildman–Crippen LogP) is 3.49. The summed E-state index contributed by atoms with van der Waals surface area (Å²) in [5.41, 5.74) is 2.71. The highest BCUT2D eigenvalue weighted by Crippen LogP contribution is 2.44. The Morgan fingerprint density at radius 1 is 1.16 bits per heavy atom. The second kappa shape index (κ2) is 4.68.